The van der Waals surface area contributed by atoms with Crippen molar-refractivity contribution in [2.24, 2.45) is 0 Å². The van der Waals surface area contributed by atoms with Crippen molar-refractivity contribution in [2.75, 3.05) is 32.7 Å². The zero-order valence-electron chi connectivity index (χ0n) is 23.8. The highest BCUT2D eigenvalue weighted by Gasteiger charge is 2.34. The first-order valence-corrected chi connectivity index (χ1v) is 15.7. The average Bonchev–Trinajstić information content (AvgIpc) is 3.86. The highest BCUT2D eigenvalue weighted by atomic mass is 32.2. The van der Waals surface area contributed by atoms with Crippen molar-refractivity contribution in [2.45, 2.75) is 50.5 Å². The molecule has 11 nitrogen and oxygen atoms in total. The SMILES string of the molecule is CC(C)S(=O)(=O)N1CCN(C(CNC(=O)c2ccc(OCc3cc(C4CC4)nc4ccccc34)cc2)C(=O)NO)CC1. The molecular weight excluding hydrogens is 558 g/mol. The first kappa shape index (κ1) is 29.9. The van der Waals surface area contributed by atoms with Gasteiger partial charge in [0.2, 0.25) is 10.0 Å². The molecule has 3 N–H and O–H groups in total. The Balaban J connectivity index is 1.17. The summed E-state index contributed by atoms with van der Waals surface area (Å²) >= 11 is 0. The van der Waals surface area contributed by atoms with Gasteiger partial charge in [0.15, 0.2) is 0 Å². The van der Waals surface area contributed by atoms with Gasteiger partial charge in [-0.3, -0.25) is 24.7 Å². The van der Waals surface area contributed by atoms with Crippen LogP contribution in [0.25, 0.3) is 10.9 Å². The zero-order valence-corrected chi connectivity index (χ0v) is 24.6. The van der Waals surface area contributed by atoms with Crippen LogP contribution in [0.2, 0.25) is 0 Å². The molecule has 1 aliphatic heterocycles. The molecule has 1 unspecified atom stereocenters. The number of carbonyl (C=O) groups excluding carboxylic acids is 2. The van der Waals surface area contributed by atoms with Gasteiger partial charge in [-0.25, -0.2) is 13.9 Å². The molecule has 0 spiro atoms. The van der Waals surface area contributed by atoms with Crippen LogP contribution in [0.4, 0.5) is 0 Å². The van der Waals surface area contributed by atoms with E-state index in [2.05, 4.69) is 11.4 Å². The van der Waals surface area contributed by atoms with E-state index in [1.165, 1.54) is 17.1 Å². The molecule has 3 aromatic rings. The Morgan fingerprint density at radius 1 is 1.05 bits per heavy atom. The summed E-state index contributed by atoms with van der Waals surface area (Å²) < 4.78 is 32.4. The van der Waals surface area contributed by atoms with Crippen LogP contribution in [0.1, 0.15) is 54.2 Å². The van der Waals surface area contributed by atoms with Gasteiger partial charge in [-0.15, -0.1) is 0 Å². The first-order valence-electron chi connectivity index (χ1n) is 14.2. The van der Waals surface area contributed by atoms with Crippen molar-refractivity contribution in [3.8, 4) is 5.75 Å². The van der Waals surface area contributed by atoms with Crippen molar-refractivity contribution in [1.29, 1.82) is 0 Å². The number of ether oxygens (including phenoxy) is 1. The molecule has 1 atom stereocenters. The number of sulfonamides is 1. The lowest BCUT2D eigenvalue weighted by atomic mass is 10.1. The summed E-state index contributed by atoms with van der Waals surface area (Å²) in [6.07, 6.45) is 2.33. The van der Waals surface area contributed by atoms with Gasteiger partial charge in [-0.1, -0.05) is 18.2 Å². The smallest absolute Gasteiger partial charge is 0.262 e. The van der Waals surface area contributed by atoms with Crippen LogP contribution in [0, 0.1) is 0 Å². The number of nitrogens with zero attached hydrogens (tertiary/aromatic N) is 3. The number of hydroxylamine groups is 1. The minimum Gasteiger partial charge on any atom is -0.489 e. The average molecular weight is 596 g/mol. The predicted molar refractivity (Wildman–Crippen MR) is 158 cm³/mol. The molecule has 5 rings (SSSR count). The Hall–Kier alpha value is -3.58. The monoisotopic (exact) mass is 595 g/mol. The maximum atomic E-state index is 12.9. The molecule has 42 heavy (non-hydrogen) atoms. The molecule has 2 aliphatic rings. The van der Waals surface area contributed by atoms with E-state index in [0.717, 1.165) is 22.2 Å². The molecule has 0 bridgehead atoms. The van der Waals surface area contributed by atoms with Gasteiger partial charge in [0.25, 0.3) is 11.8 Å². The molecule has 1 aromatic heterocycles. The number of aromatic nitrogens is 1. The second-order valence-electron chi connectivity index (χ2n) is 11.0. The van der Waals surface area contributed by atoms with E-state index in [4.69, 9.17) is 9.72 Å². The largest absolute Gasteiger partial charge is 0.489 e. The van der Waals surface area contributed by atoms with Crippen molar-refractivity contribution in [1.82, 2.24) is 25.0 Å². The number of hydrogen-bond donors (Lipinski definition) is 3. The number of para-hydroxylation sites is 1. The fraction of sp³-hybridized carbons (Fsp3) is 0.433. The lowest BCUT2D eigenvalue weighted by Crippen LogP contribution is -2.59. The number of hydrogen-bond acceptors (Lipinski definition) is 8. The van der Waals surface area contributed by atoms with Crippen molar-refractivity contribution < 1.29 is 28.0 Å². The van der Waals surface area contributed by atoms with E-state index in [1.807, 2.05) is 24.3 Å². The number of rotatable bonds is 11. The number of piperazine rings is 1. The van der Waals surface area contributed by atoms with Crippen molar-refractivity contribution in [3.63, 3.8) is 0 Å². The molecule has 2 amide bonds. The molecule has 0 radical (unpaired) electrons. The third-order valence-corrected chi connectivity index (χ3v) is 10.1. The van der Waals surface area contributed by atoms with E-state index in [-0.39, 0.29) is 25.5 Å². The normalized spacial score (nSPS) is 17.2. The molecule has 2 heterocycles. The maximum absolute atomic E-state index is 12.9. The highest BCUT2D eigenvalue weighted by molar-refractivity contribution is 7.89. The van der Waals surface area contributed by atoms with Gasteiger partial charge in [-0.05, 0) is 63.1 Å². The van der Waals surface area contributed by atoms with Crippen molar-refractivity contribution in [3.05, 3.63) is 71.4 Å². The van der Waals surface area contributed by atoms with Crippen molar-refractivity contribution >= 4 is 32.7 Å². The molecule has 1 saturated heterocycles. The fourth-order valence-electron chi connectivity index (χ4n) is 5.16. The topological polar surface area (TPSA) is 141 Å². The molecular formula is C30H37N5O6S. The van der Waals surface area contributed by atoms with Crippen LogP contribution >= 0.6 is 0 Å². The second kappa shape index (κ2) is 12.7. The standard InChI is InChI=1S/C30H37N5O6S/c1-20(2)42(39,40)35-15-13-34(14-16-35)28(30(37)33-38)18-31-29(36)22-9-11-24(12-10-22)41-19-23-17-27(21-7-8-21)32-26-6-4-3-5-25(23)26/h3-6,9-12,17,20-21,28,38H,7-8,13-16,18-19H2,1-2H3,(H,31,36)(H,33,37). The van der Waals surface area contributed by atoms with Crippen LogP contribution in [0.5, 0.6) is 5.75 Å². The summed E-state index contributed by atoms with van der Waals surface area (Å²) in [7, 11) is -3.40. The molecule has 1 saturated carbocycles. The van der Waals surface area contributed by atoms with Crippen LogP contribution in [-0.4, -0.2) is 83.6 Å². The van der Waals surface area contributed by atoms with E-state index in [1.54, 1.807) is 48.5 Å². The minimum absolute atomic E-state index is 0.0567. The lowest BCUT2D eigenvalue weighted by molar-refractivity contribution is -0.135. The van der Waals surface area contributed by atoms with Gasteiger partial charge in [0.05, 0.1) is 10.8 Å². The molecule has 224 valence electrons. The molecule has 12 heteroatoms. The van der Waals surface area contributed by atoms with E-state index in [9.17, 15) is 23.2 Å². The lowest BCUT2D eigenvalue weighted by Gasteiger charge is -2.38. The summed E-state index contributed by atoms with van der Waals surface area (Å²) in [6, 6.07) is 16.1. The molecule has 1 aliphatic carbocycles. The highest BCUT2D eigenvalue weighted by Crippen LogP contribution is 2.40. The van der Waals surface area contributed by atoms with Gasteiger partial charge in [-0.2, -0.15) is 4.31 Å². The first-order chi connectivity index (χ1) is 20.2. The van der Waals surface area contributed by atoms with Gasteiger partial charge < -0.3 is 10.1 Å². The predicted octanol–water partition coefficient (Wildman–Crippen LogP) is 2.65. The quantitative estimate of drug-likeness (QED) is 0.227. The minimum atomic E-state index is -3.40. The number of carbonyl (C=O) groups is 2. The van der Waals surface area contributed by atoms with Crippen LogP contribution in [0.15, 0.2) is 54.6 Å². The second-order valence-corrected chi connectivity index (χ2v) is 13.5. The Bertz CT molecular complexity index is 1530. The number of fused-ring (bicyclic) bond motifs is 1. The summed E-state index contributed by atoms with van der Waals surface area (Å²) in [4.78, 5) is 31.9. The summed E-state index contributed by atoms with van der Waals surface area (Å²) in [6.45, 7) is 4.61. The van der Waals surface area contributed by atoms with Gasteiger partial charge >= 0.3 is 0 Å². The Labute approximate surface area is 245 Å². The number of nitrogens with one attached hydrogen (secondary N) is 2. The third kappa shape index (κ3) is 6.73. The van der Waals surface area contributed by atoms with Crippen LogP contribution in [-0.2, 0) is 21.4 Å². The summed E-state index contributed by atoms with van der Waals surface area (Å²) in [5.41, 5.74) is 5.19. The zero-order chi connectivity index (χ0) is 29.9. The Morgan fingerprint density at radius 3 is 2.38 bits per heavy atom. The number of amides is 2. The molecule has 2 fully saturated rings. The van der Waals surface area contributed by atoms with Gasteiger partial charge in [0.1, 0.15) is 18.4 Å². The summed E-state index contributed by atoms with van der Waals surface area (Å²) in [5, 5.41) is 12.6. The Kier molecular flexibility index (Phi) is 9.07. The number of benzene rings is 2. The number of pyridine rings is 1. The van der Waals surface area contributed by atoms with E-state index < -0.39 is 27.2 Å². The summed E-state index contributed by atoms with van der Waals surface area (Å²) in [5.74, 6) is 0.0900. The fourth-order valence-corrected chi connectivity index (χ4v) is 6.43. The van der Waals surface area contributed by atoms with E-state index in [0.29, 0.717) is 36.9 Å². The molecule has 2 aromatic carbocycles. The van der Waals surface area contributed by atoms with Gasteiger partial charge in [0, 0.05) is 60.8 Å². The van der Waals surface area contributed by atoms with Crippen LogP contribution in [0.3, 0.4) is 0 Å². The maximum Gasteiger partial charge on any atom is 0.262 e. The third-order valence-electron chi connectivity index (χ3n) is 7.87. The van der Waals surface area contributed by atoms with E-state index >= 15 is 0 Å². The van der Waals surface area contributed by atoms with Crippen LogP contribution < -0.4 is 15.5 Å². The Morgan fingerprint density at radius 2 is 1.74 bits per heavy atom.